The average Bonchev–Trinajstić information content (AvgIpc) is 3.48. The van der Waals surface area contributed by atoms with Crippen LogP contribution in [0.5, 0.6) is 0 Å². The van der Waals surface area contributed by atoms with Crippen LogP contribution in [0.25, 0.3) is 0 Å². The number of benzene rings is 7. The molecule has 2 aliphatic heterocycles. The molecule has 0 saturated carbocycles. The van der Waals surface area contributed by atoms with Crippen molar-refractivity contribution in [2.24, 2.45) is 0 Å². The minimum Gasteiger partial charge on any atom is -0.311 e. The maximum atomic E-state index is 2.74. The van der Waals surface area contributed by atoms with Gasteiger partial charge in [0.2, 0.25) is 0 Å². The van der Waals surface area contributed by atoms with E-state index in [9.17, 15) is 0 Å². The van der Waals surface area contributed by atoms with Crippen LogP contribution in [0.4, 0.5) is 51.2 Å². The van der Waals surface area contributed by atoms with Gasteiger partial charge in [-0.2, -0.15) is 0 Å². The molecule has 0 amide bonds. The van der Waals surface area contributed by atoms with E-state index in [2.05, 4.69) is 259 Å². The zero-order valence-electron chi connectivity index (χ0n) is 45.7. The van der Waals surface area contributed by atoms with Gasteiger partial charge in [0.15, 0.2) is 0 Å². The Morgan fingerprint density at radius 3 is 1.38 bits per heavy atom. The molecule has 4 aliphatic rings. The van der Waals surface area contributed by atoms with Crippen molar-refractivity contribution in [3.05, 3.63) is 178 Å². The molecule has 2 heterocycles. The minimum atomic E-state index is -0.0584. The van der Waals surface area contributed by atoms with E-state index in [1.54, 1.807) is 0 Å². The van der Waals surface area contributed by atoms with E-state index < -0.39 is 0 Å². The fourth-order valence-corrected chi connectivity index (χ4v) is 13.4. The predicted molar refractivity (Wildman–Crippen MR) is 308 cm³/mol. The van der Waals surface area contributed by atoms with Crippen LogP contribution in [-0.2, 0) is 32.5 Å². The Morgan fingerprint density at radius 1 is 0.408 bits per heavy atom. The van der Waals surface area contributed by atoms with Crippen molar-refractivity contribution in [1.29, 1.82) is 0 Å². The Balaban J connectivity index is 1.34. The first-order valence-electron chi connectivity index (χ1n) is 26.6. The summed E-state index contributed by atoms with van der Waals surface area (Å²) in [5.74, 6) is 0. The SMILES string of the molecule is Cc1ccc(C(C)(C)C)cc1N1c2cc(C(C)(C)C)ccc2B2c3cc4c(cc3N(c3cc5c(cc3C)C(C)(C)CC5(C)C)c3cc(N(c5ccccc5)c5ccccc5)cc1c32)C(C)(C)CCC4(C)C. The Labute approximate surface area is 427 Å². The topological polar surface area (TPSA) is 9.72 Å². The fourth-order valence-electron chi connectivity index (χ4n) is 13.4. The van der Waals surface area contributed by atoms with Crippen LogP contribution in [0, 0.1) is 13.8 Å². The smallest absolute Gasteiger partial charge is 0.252 e. The molecule has 4 heteroatoms. The van der Waals surface area contributed by atoms with Gasteiger partial charge in [-0.25, -0.2) is 0 Å². The summed E-state index contributed by atoms with van der Waals surface area (Å²) in [6.45, 7) is 38.6. The molecule has 7 aromatic carbocycles. The third-order valence-corrected chi connectivity index (χ3v) is 17.4. The van der Waals surface area contributed by atoms with Gasteiger partial charge in [0.05, 0.1) is 5.69 Å². The summed E-state index contributed by atoms with van der Waals surface area (Å²) in [6, 6.07) is 52.3. The van der Waals surface area contributed by atoms with Gasteiger partial charge in [-0.15, -0.1) is 0 Å². The lowest BCUT2D eigenvalue weighted by Crippen LogP contribution is -2.62. The van der Waals surface area contributed by atoms with Crippen molar-refractivity contribution in [2.75, 3.05) is 14.7 Å². The highest BCUT2D eigenvalue weighted by molar-refractivity contribution is 7.00. The van der Waals surface area contributed by atoms with Gasteiger partial charge in [0.1, 0.15) is 0 Å². The lowest BCUT2D eigenvalue weighted by Gasteiger charge is -2.48. The zero-order chi connectivity index (χ0) is 50.5. The molecule has 3 nitrogen and oxygen atoms in total. The first kappa shape index (κ1) is 47.3. The van der Waals surface area contributed by atoms with Gasteiger partial charge in [-0.1, -0.05) is 170 Å². The van der Waals surface area contributed by atoms with E-state index in [1.807, 2.05) is 0 Å². The van der Waals surface area contributed by atoms with Crippen LogP contribution in [0.1, 0.15) is 161 Å². The van der Waals surface area contributed by atoms with E-state index in [4.69, 9.17) is 0 Å². The molecule has 0 unspecified atom stereocenters. The first-order valence-corrected chi connectivity index (χ1v) is 26.6. The van der Waals surface area contributed by atoms with Crippen molar-refractivity contribution in [3.63, 3.8) is 0 Å². The quantitative estimate of drug-likeness (QED) is 0.159. The molecule has 0 aromatic heterocycles. The van der Waals surface area contributed by atoms with E-state index >= 15 is 0 Å². The van der Waals surface area contributed by atoms with Gasteiger partial charge in [-0.05, 0) is 187 Å². The fraction of sp³-hybridized carbons (Fsp3) is 0.373. The Kier molecular flexibility index (Phi) is 10.5. The number of nitrogens with zero attached hydrogens (tertiary/aromatic N) is 3. The largest absolute Gasteiger partial charge is 0.311 e. The summed E-state index contributed by atoms with van der Waals surface area (Å²) in [5, 5.41) is 0. The van der Waals surface area contributed by atoms with Gasteiger partial charge in [0.25, 0.3) is 6.71 Å². The maximum Gasteiger partial charge on any atom is 0.252 e. The van der Waals surface area contributed by atoms with Crippen LogP contribution in [0.15, 0.2) is 133 Å². The number of hydrogen-bond acceptors (Lipinski definition) is 3. The molecule has 2 aliphatic carbocycles. The van der Waals surface area contributed by atoms with Crippen LogP contribution in [-0.4, -0.2) is 6.71 Å². The van der Waals surface area contributed by atoms with Gasteiger partial charge in [0, 0.05) is 45.5 Å². The number of rotatable bonds is 5. The zero-order valence-corrected chi connectivity index (χ0v) is 45.7. The predicted octanol–water partition coefficient (Wildman–Crippen LogP) is 16.8. The number of hydrogen-bond donors (Lipinski definition) is 0. The third-order valence-electron chi connectivity index (χ3n) is 17.4. The molecule has 0 saturated heterocycles. The third kappa shape index (κ3) is 7.51. The van der Waals surface area contributed by atoms with Crippen LogP contribution < -0.4 is 31.1 Å². The molecule has 0 radical (unpaired) electrons. The minimum absolute atomic E-state index is 0.00943. The summed E-state index contributed by atoms with van der Waals surface area (Å²) in [7, 11) is 0. The van der Waals surface area contributed by atoms with Crippen molar-refractivity contribution in [2.45, 2.75) is 163 Å². The molecule has 71 heavy (non-hydrogen) atoms. The average molecular weight is 934 g/mol. The maximum absolute atomic E-state index is 2.74. The van der Waals surface area contributed by atoms with Crippen molar-refractivity contribution >= 4 is 74.3 Å². The molecule has 11 rings (SSSR count). The summed E-state index contributed by atoms with van der Waals surface area (Å²) < 4.78 is 0. The lowest BCUT2D eigenvalue weighted by molar-refractivity contribution is 0.332. The number of aryl methyl sites for hydroxylation is 2. The molecule has 7 aromatic rings. The highest BCUT2D eigenvalue weighted by atomic mass is 15.2. The molecular weight excluding hydrogens is 858 g/mol. The first-order chi connectivity index (χ1) is 33.3. The molecule has 0 atom stereocenters. The molecule has 0 N–H and O–H groups in total. The Bertz CT molecular complexity index is 3250. The summed E-state index contributed by atoms with van der Waals surface area (Å²) in [6.07, 6.45) is 3.44. The number of fused-ring (bicyclic) bond motifs is 6. The van der Waals surface area contributed by atoms with Crippen LogP contribution in [0.3, 0.4) is 0 Å². The van der Waals surface area contributed by atoms with E-state index in [-0.39, 0.29) is 39.2 Å². The second-order valence-corrected chi connectivity index (χ2v) is 26.6. The number of para-hydroxylation sites is 2. The standard InChI is InChI=1S/C67H76BN3/c1-42-27-28-44(62(3,4)5)34-55(42)70-57-35-45(63(6,7)8)29-30-53(57)68-54-38-50-51(65(11,12)32-31-64(50,9)10)40-58(54)71(56-39-52-49(33-43(56)2)66(13,14)41-67(52,15)16)60-37-48(36-59(70)61(60)68)69(46-23-19-17-20-24-46)47-25-21-18-22-26-47/h17-30,33-40H,31-32,41H2,1-16H3. The Morgan fingerprint density at radius 2 is 0.845 bits per heavy atom. The second kappa shape index (κ2) is 15.8. The van der Waals surface area contributed by atoms with E-state index in [0.29, 0.717) is 0 Å². The highest BCUT2D eigenvalue weighted by Gasteiger charge is 2.49. The number of anilines is 9. The van der Waals surface area contributed by atoms with Gasteiger partial charge in [-0.3, -0.25) is 0 Å². The molecule has 0 bridgehead atoms. The highest BCUT2D eigenvalue weighted by Crippen LogP contribution is 2.56. The van der Waals surface area contributed by atoms with Crippen LogP contribution in [0.2, 0.25) is 0 Å². The molecule has 0 fully saturated rings. The monoisotopic (exact) mass is 934 g/mol. The van der Waals surface area contributed by atoms with Crippen molar-refractivity contribution < 1.29 is 0 Å². The second-order valence-electron chi connectivity index (χ2n) is 26.6. The van der Waals surface area contributed by atoms with Crippen molar-refractivity contribution in [1.82, 2.24) is 0 Å². The molecule has 362 valence electrons. The molecule has 0 spiro atoms. The van der Waals surface area contributed by atoms with E-state index in [0.717, 1.165) is 36.3 Å². The Hall–Kier alpha value is -6.00. The van der Waals surface area contributed by atoms with Gasteiger partial charge >= 0.3 is 0 Å². The summed E-state index contributed by atoms with van der Waals surface area (Å²) >= 11 is 0. The van der Waals surface area contributed by atoms with Crippen LogP contribution >= 0.6 is 0 Å². The lowest BCUT2D eigenvalue weighted by atomic mass is 9.33. The normalized spacial score (nSPS) is 17.8. The van der Waals surface area contributed by atoms with E-state index in [1.165, 1.54) is 95.0 Å². The summed E-state index contributed by atoms with van der Waals surface area (Å²) in [4.78, 5) is 7.90. The van der Waals surface area contributed by atoms with Crippen molar-refractivity contribution in [3.8, 4) is 0 Å². The summed E-state index contributed by atoms with van der Waals surface area (Å²) in [5.41, 5.74) is 26.4. The molecular formula is C67H76BN3. The van der Waals surface area contributed by atoms with Gasteiger partial charge < -0.3 is 14.7 Å².